The van der Waals surface area contributed by atoms with Gasteiger partial charge in [0.15, 0.2) is 6.04 Å². The first-order chi connectivity index (χ1) is 9.58. The van der Waals surface area contributed by atoms with E-state index in [-0.39, 0.29) is 23.8 Å². The van der Waals surface area contributed by atoms with Crippen molar-refractivity contribution >= 4 is 11.8 Å². The van der Waals surface area contributed by atoms with Gasteiger partial charge in [0.1, 0.15) is 0 Å². The van der Waals surface area contributed by atoms with Gasteiger partial charge in [0.05, 0.1) is 19.0 Å². The molecule has 1 heterocycles. The number of amides is 2. The van der Waals surface area contributed by atoms with Gasteiger partial charge >= 0.3 is 0 Å². The summed E-state index contributed by atoms with van der Waals surface area (Å²) in [5.41, 5.74) is 5.40. The van der Waals surface area contributed by atoms with Gasteiger partial charge in [-0.1, -0.05) is 19.3 Å². The molecule has 1 aliphatic carbocycles. The third-order valence-electron chi connectivity index (χ3n) is 4.92. The van der Waals surface area contributed by atoms with Crippen molar-refractivity contribution in [3.63, 3.8) is 0 Å². The van der Waals surface area contributed by atoms with Gasteiger partial charge in [-0.3, -0.25) is 9.59 Å². The Balaban J connectivity index is 1.84. The molecule has 0 spiro atoms. The number of hydrogen-bond acceptors (Lipinski definition) is 2. The lowest BCUT2D eigenvalue weighted by Crippen LogP contribution is -3.18. The molecule has 4 N–H and O–H groups in total. The number of piperidine rings is 1. The molecule has 0 bridgehead atoms. The van der Waals surface area contributed by atoms with Crippen molar-refractivity contribution in [1.29, 1.82) is 0 Å². The Morgan fingerprint density at radius 2 is 1.85 bits per heavy atom. The van der Waals surface area contributed by atoms with Crippen molar-refractivity contribution in [2.45, 2.75) is 64.0 Å². The Kier molecular flexibility index (Phi) is 5.40. The molecule has 0 radical (unpaired) electrons. The predicted octanol–water partition coefficient (Wildman–Crippen LogP) is -0.396. The standard InChI is InChI=1S/C15H27N3O2/c1-11(15(20)17-13-7-3-2-4-8-13)18-9-5-6-12(10-18)14(16)19/h11-13H,2-10H2,1H3,(H2,16,19)(H,17,20)/p+1/t11-,12+/m1/s1. The van der Waals surface area contributed by atoms with E-state index in [0.717, 1.165) is 32.2 Å². The van der Waals surface area contributed by atoms with Gasteiger partial charge in [0.25, 0.3) is 5.91 Å². The van der Waals surface area contributed by atoms with Crippen LogP contribution in [0.25, 0.3) is 0 Å². The molecule has 2 rings (SSSR count). The third-order valence-corrected chi connectivity index (χ3v) is 4.92. The number of carbonyl (C=O) groups is 2. The number of primary amides is 1. The molecule has 0 aromatic heterocycles. The molecule has 5 nitrogen and oxygen atoms in total. The van der Waals surface area contributed by atoms with E-state index in [1.807, 2.05) is 6.92 Å². The second-order valence-electron chi connectivity index (χ2n) is 6.42. The summed E-state index contributed by atoms with van der Waals surface area (Å²) in [6.07, 6.45) is 7.80. The van der Waals surface area contributed by atoms with E-state index in [2.05, 4.69) is 5.32 Å². The lowest BCUT2D eigenvalue weighted by atomic mass is 9.94. The van der Waals surface area contributed by atoms with Gasteiger partial charge in [0, 0.05) is 6.04 Å². The van der Waals surface area contributed by atoms with Crippen molar-refractivity contribution < 1.29 is 14.5 Å². The lowest BCUT2D eigenvalue weighted by molar-refractivity contribution is -0.921. The minimum atomic E-state index is -0.220. The maximum atomic E-state index is 12.3. The molecular weight excluding hydrogens is 254 g/mol. The van der Waals surface area contributed by atoms with E-state index in [4.69, 9.17) is 5.73 Å². The van der Waals surface area contributed by atoms with Crippen LogP contribution in [-0.4, -0.2) is 37.0 Å². The van der Waals surface area contributed by atoms with Crippen molar-refractivity contribution in [2.75, 3.05) is 13.1 Å². The average Bonchev–Trinajstić information content (AvgIpc) is 2.47. The van der Waals surface area contributed by atoms with E-state index >= 15 is 0 Å². The van der Waals surface area contributed by atoms with Gasteiger partial charge < -0.3 is 16.0 Å². The normalized spacial score (nSPS) is 29.6. The Morgan fingerprint density at radius 3 is 2.50 bits per heavy atom. The first-order valence-electron chi connectivity index (χ1n) is 8.02. The van der Waals surface area contributed by atoms with Crippen LogP contribution in [-0.2, 0) is 9.59 Å². The summed E-state index contributed by atoms with van der Waals surface area (Å²) in [4.78, 5) is 24.9. The quantitative estimate of drug-likeness (QED) is 0.656. The largest absolute Gasteiger partial charge is 0.369 e. The average molecular weight is 282 g/mol. The summed E-state index contributed by atoms with van der Waals surface area (Å²) in [7, 11) is 0. The molecule has 5 heteroatoms. The van der Waals surface area contributed by atoms with Crippen molar-refractivity contribution in [3.8, 4) is 0 Å². The number of nitrogens with one attached hydrogen (secondary N) is 2. The highest BCUT2D eigenvalue weighted by atomic mass is 16.2. The van der Waals surface area contributed by atoms with E-state index in [1.54, 1.807) is 0 Å². The van der Waals surface area contributed by atoms with Gasteiger partial charge in [-0.05, 0) is 32.6 Å². The first-order valence-corrected chi connectivity index (χ1v) is 8.02. The number of hydrogen-bond donors (Lipinski definition) is 3. The molecule has 1 saturated heterocycles. The van der Waals surface area contributed by atoms with Crippen molar-refractivity contribution in [1.82, 2.24) is 5.32 Å². The highest BCUT2D eigenvalue weighted by Gasteiger charge is 2.33. The molecule has 114 valence electrons. The summed E-state index contributed by atoms with van der Waals surface area (Å²) in [5, 5.41) is 3.18. The topological polar surface area (TPSA) is 76.6 Å². The van der Waals surface area contributed by atoms with Crippen LogP contribution in [0.15, 0.2) is 0 Å². The van der Waals surface area contributed by atoms with Crippen LogP contribution in [0, 0.1) is 5.92 Å². The molecule has 2 fully saturated rings. The zero-order valence-corrected chi connectivity index (χ0v) is 12.5. The van der Waals surface area contributed by atoms with Crippen LogP contribution in [0.3, 0.4) is 0 Å². The summed E-state index contributed by atoms with van der Waals surface area (Å²) in [5.74, 6) is -0.150. The zero-order chi connectivity index (χ0) is 14.5. The van der Waals surface area contributed by atoms with Crippen molar-refractivity contribution in [2.24, 2.45) is 11.7 Å². The van der Waals surface area contributed by atoms with Crippen LogP contribution in [0.5, 0.6) is 0 Å². The Hall–Kier alpha value is -1.10. The lowest BCUT2D eigenvalue weighted by Gasteiger charge is -2.33. The number of rotatable bonds is 4. The zero-order valence-electron chi connectivity index (χ0n) is 12.5. The highest BCUT2D eigenvalue weighted by Crippen LogP contribution is 2.17. The maximum absolute atomic E-state index is 12.3. The summed E-state index contributed by atoms with van der Waals surface area (Å²) in [6, 6.07) is 0.272. The summed E-state index contributed by atoms with van der Waals surface area (Å²) in [6.45, 7) is 3.63. The second kappa shape index (κ2) is 7.07. The van der Waals surface area contributed by atoms with Gasteiger partial charge in [0.2, 0.25) is 5.91 Å². The Morgan fingerprint density at radius 1 is 1.15 bits per heavy atom. The van der Waals surface area contributed by atoms with Crippen LogP contribution in [0.2, 0.25) is 0 Å². The van der Waals surface area contributed by atoms with E-state index < -0.39 is 0 Å². The first kappa shape index (κ1) is 15.3. The fourth-order valence-corrected chi connectivity index (χ4v) is 3.49. The molecule has 0 aromatic rings. The fraction of sp³-hybridized carbons (Fsp3) is 0.867. The van der Waals surface area contributed by atoms with Gasteiger partial charge in [-0.2, -0.15) is 0 Å². The molecule has 3 atom stereocenters. The SMILES string of the molecule is C[C@H](C(=O)NC1CCCCC1)[NH+]1CCC[C@H](C(N)=O)C1. The molecule has 0 aromatic carbocycles. The number of likely N-dealkylation sites (tertiary alicyclic amines) is 1. The van der Waals surface area contributed by atoms with Crippen LogP contribution < -0.4 is 16.0 Å². The Bertz CT molecular complexity index is 353. The monoisotopic (exact) mass is 282 g/mol. The third kappa shape index (κ3) is 3.95. The highest BCUT2D eigenvalue weighted by molar-refractivity contribution is 5.80. The molecule has 1 aliphatic heterocycles. The van der Waals surface area contributed by atoms with E-state index in [1.165, 1.54) is 24.2 Å². The predicted molar refractivity (Wildman–Crippen MR) is 77.1 cm³/mol. The molecule has 20 heavy (non-hydrogen) atoms. The van der Waals surface area contributed by atoms with E-state index in [9.17, 15) is 9.59 Å². The second-order valence-corrected chi connectivity index (χ2v) is 6.42. The fourth-order valence-electron chi connectivity index (χ4n) is 3.49. The van der Waals surface area contributed by atoms with Crippen LogP contribution >= 0.6 is 0 Å². The van der Waals surface area contributed by atoms with Crippen LogP contribution in [0.1, 0.15) is 51.9 Å². The van der Waals surface area contributed by atoms with E-state index in [0.29, 0.717) is 12.6 Å². The molecule has 1 saturated carbocycles. The van der Waals surface area contributed by atoms with Crippen molar-refractivity contribution in [3.05, 3.63) is 0 Å². The number of quaternary nitrogens is 1. The Labute approximate surface area is 121 Å². The number of carbonyl (C=O) groups excluding carboxylic acids is 2. The maximum Gasteiger partial charge on any atom is 0.278 e. The van der Waals surface area contributed by atoms with Crippen LogP contribution in [0.4, 0.5) is 0 Å². The smallest absolute Gasteiger partial charge is 0.278 e. The molecule has 2 amide bonds. The minimum Gasteiger partial charge on any atom is -0.369 e. The number of nitrogens with two attached hydrogens (primary N) is 1. The molecule has 2 aliphatic rings. The molecular formula is C15H28N3O2+. The van der Waals surface area contributed by atoms with Gasteiger partial charge in [-0.15, -0.1) is 0 Å². The summed E-state index contributed by atoms with van der Waals surface area (Å²) < 4.78 is 0. The molecule has 1 unspecified atom stereocenters. The van der Waals surface area contributed by atoms with Gasteiger partial charge in [-0.25, -0.2) is 0 Å². The minimum absolute atomic E-state index is 0.0660. The summed E-state index contributed by atoms with van der Waals surface area (Å²) >= 11 is 0.